The SMILES string of the molecule is O=C(N[C@@H](Cc1ccc(-c2nccc(C(F)(F)F)c2Cl)c2cccnc12)C(=O)O)c1c(Cl)cccc1Cl. The molecule has 37 heavy (non-hydrogen) atoms. The number of amides is 1. The monoisotopic (exact) mass is 567 g/mol. The first kappa shape index (κ1) is 26.7. The number of alkyl halides is 3. The van der Waals surface area contributed by atoms with E-state index >= 15 is 0 Å². The summed E-state index contributed by atoms with van der Waals surface area (Å²) in [5.41, 5.74) is -0.195. The fourth-order valence-electron chi connectivity index (χ4n) is 3.82. The summed E-state index contributed by atoms with van der Waals surface area (Å²) in [5.74, 6) is -2.11. The van der Waals surface area contributed by atoms with E-state index in [0.29, 0.717) is 16.5 Å². The largest absolute Gasteiger partial charge is 0.480 e. The highest BCUT2D eigenvalue weighted by Gasteiger charge is 2.35. The summed E-state index contributed by atoms with van der Waals surface area (Å²) in [6.07, 6.45) is -2.41. The van der Waals surface area contributed by atoms with Crippen LogP contribution in [0.3, 0.4) is 0 Å². The van der Waals surface area contributed by atoms with Crippen molar-refractivity contribution in [1.29, 1.82) is 0 Å². The minimum absolute atomic E-state index is 0.0519. The minimum Gasteiger partial charge on any atom is -0.480 e. The van der Waals surface area contributed by atoms with Crippen LogP contribution in [-0.4, -0.2) is 33.0 Å². The number of halogens is 6. The number of carbonyl (C=O) groups excluding carboxylic acids is 1. The van der Waals surface area contributed by atoms with E-state index in [1.54, 1.807) is 18.2 Å². The van der Waals surface area contributed by atoms with Crippen molar-refractivity contribution in [3.05, 3.63) is 92.7 Å². The van der Waals surface area contributed by atoms with E-state index in [1.807, 2.05) is 0 Å². The molecule has 6 nitrogen and oxygen atoms in total. The molecule has 0 saturated carbocycles. The Kier molecular flexibility index (Phi) is 7.59. The molecule has 2 aromatic carbocycles. The van der Waals surface area contributed by atoms with Crippen LogP contribution in [0, 0.1) is 0 Å². The van der Waals surface area contributed by atoms with Gasteiger partial charge in [0.1, 0.15) is 6.04 Å². The van der Waals surface area contributed by atoms with Crippen molar-refractivity contribution in [3.8, 4) is 11.3 Å². The zero-order valence-electron chi connectivity index (χ0n) is 18.5. The van der Waals surface area contributed by atoms with Crippen LogP contribution >= 0.6 is 34.8 Å². The van der Waals surface area contributed by atoms with Crippen molar-refractivity contribution in [2.24, 2.45) is 0 Å². The van der Waals surface area contributed by atoms with E-state index in [9.17, 15) is 27.9 Å². The van der Waals surface area contributed by atoms with Crippen LogP contribution in [0.1, 0.15) is 21.5 Å². The van der Waals surface area contributed by atoms with Gasteiger partial charge >= 0.3 is 12.1 Å². The van der Waals surface area contributed by atoms with Gasteiger partial charge in [-0.2, -0.15) is 13.2 Å². The Morgan fingerprint density at radius 2 is 1.65 bits per heavy atom. The van der Waals surface area contributed by atoms with Crippen LogP contribution in [0.5, 0.6) is 0 Å². The fourth-order valence-corrected chi connectivity index (χ4v) is 4.71. The third-order valence-electron chi connectivity index (χ3n) is 5.52. The van der Waals surface area contributed by atoms with Gasteiger partial charge in [-0.25, -0.2) is 4.79 Å². The molecule has 0 saturated heterocycles. The van der Waals surface area contributed by atoms with E-state index in [-0.39, 0.29) is 33.3 Å². The van der Waals surface area contributed by atoms with E-state index in [0.717, 1.165) is 12.3 Å². The molecular weight excluding hydrogens is 554 g/mol. The predicted molar refractivity (Wildman–Crippen MR) is 134 cm³/mol. The highest BCUT2D eigenvalue weighted by Crippen LogP contribution is 2.40. The van der Waals surface area contributed by atoms with Crippen LogP contribution in [0.25, 0.3) is 22.2 Å². The third-order valence-corrected chi connectivity index (χ3v) is 6.53. The molecule has 0 aliphatic rings. The molecule has 2 N–H and O–H groups in total. The number of rotatable bonds is 6. The molecule has 190 valence electrons. The highest BCUT2D eigenvalue weighted by molar-refractivity contribution is 6.39. The Hall–Kier alpha value is -3.40. The Bertz CT molecular complexity index is 1510. The first-order valence-electron chi connectivity index (χ1n) is 10.6. The van der Waals surface area contributed by atoms with Crippen molar-refractivity contribution in [3.63, 3.8) is 0 Å². The average Bonchev–Trinajstić information content (AvgIpc) is 2.83. The summed E-state index contributed by atoms with van der Waals surface area (Å²) in [6.45, 7) is 0. The molecule has 0 spiro atoms. The second-order valence-electron chi connectivity index (χ2n) is 7.86. The van der Waals surface area contributed by atoms with Gasteiger partial charge in [-0.3, -0.25) is 14.8 Å². The van der Waals surface area contributed by atoms with Crippen molar-refractivity contribution in [2.45, 2.75) is 18.6 Å². The Morgan fingerprint density at radius 3 is 2.30 bits per heavy atom. The van der Waals surface area contributed by atoms with Gasteiger partial charge in [0.05, 0.1) is 37.4 Å². The summed E-state index contributed by atoms with van der Waals surface area (Å²) in [4.78, 5) is 33.1. The van der Waals surface area contributed by atoms with E-state index in [4.69, 9.17) is 34.8 Å². The summed E-state index contributed by atoms with van der Waals surface area (Å²) in [6, 6.07) is 10.00. The Balaban J connectivity index is 1.73. The lowest BCUT2D eigenvalue weighted by Crippen LogP contribution is -2.42. The van der Waals surface area contributed by atoms with E-state index in [2.05, 4.69) is 15.3 Å². The molecule has 1 atom stereocenters. The lowest BCUT2D eigenvalue weighted by Gasteiger charge is -2.18. The quantitative estimate of drug-likeness (QED) is 0.270. The highest BCUT2D eigenvalue weighted by atomic mass is 35.5. The number of carbonyl (C=O) groups is 2. The first-order chi connectivity index (χ1) is 17.5. The normalized spacial score (nSPS) is 12.4. The smallest absolute Gasteiger partial charge is 0.417 e. The first-order valence-corrected chi connectivity index (χ1v) is 11.7. The number of nitrogens with zero attached hydrogens (tertiary/aromatic N) is 2. The van der Waals surface area contributed by atoms with Crippen LogP contribution < -0.4 is 5.32 Å². The number of hydrogen-bond acceptors (Lipinski definition) is 4. The summed E-state index contributed by atoms with van der Waals surface area (Å²) < 4.78 is 40.2. The summed E-state index contributed by atoms with van der Waals surface area (Å²) in [7, 11) is 0. The number of aromatic nitrogens is 2. The lowest BCUT2D eigenvalue weighted by molar-refractivity contribution is -0.139. The van der Waals surface area contributed by atoms with Gasteiger partial charge in [0, 0.05) is 29.8 Å². The number of carboxylic acids is 1. The number of fused-ring (bicyclic) bond motifs is 1. The van der Waals surface area contributed by atoms with Gasteiger partial charge < -0.3 is 10.4 Å². The van der Waals surface area contributed by atoms with Crippen molar-refractivity contribution >= 4 is 57.6 Å². The van der Waals surface area contributed by atoms with Crippen LogP contribution in [0.2, 0.25) is 15.1 Å². The van der Waals surface area contributed by atoms with Gasteiger partial charge in [-0.1, -0.05) is 59.1 Å². The maximum Gasteiger partial charge on any atom is 0.417 e. The molecule has 4 aromatic rings. The molecule has 2 aromatic heterocycles. The van der Waals surface area contributed by atoms with E-state index < -0.39 is 34.7 Å². The number of carboxylic acid groups (broad SMARTS) is 1. The van der Waals surface area contributed by atoms with E-state index in [1.165, 1.54) is 30.5 Å². The topological polar surface area (TPSA) is 92.2 Å². The predicted octanol–water partition coefficient (Wildman–Crippen LogP) is 6.70. The Morgan fingerprint density at radius 1 is 0.946 bits per heavy atom. The van der Waals surface area contributed by atoms with Crippen molar-refractivity contribution in [1.82, 2.24) is 15.3 Å². The van der Waals surface area contributed by atoms with Gasteiger partial charge in [-0.05, 0) is 29.8 Å². The van der Waals surface area contributed by atoms with Crippen LogP contribution in [0.4, 0.5) is 13.2 Å². The maximum atomic E-state index is 13.4. The number of benzene rings is 2. The average molecular weight is 569 g/mol. The number of hydrogen-bond donors (Lipinski definition) is 2. The molecule has 0 aliphatic carbocycles. The summed E-state index contributed by atoms with van der Waals surface area (Å²) >= 11 is 18.2. The molecule has 0 fully saturated rings. The molecule has 2 heterocycles. The number of pyridine rings is 2. The zero-order chi connectivity index (χ0) is 26.9. The molecule has 0 radical (unpaired) electrons. The second-order valence-corrected chi connectivity index (χ2v) is 9.05. The number of nitrogens with one attached hydrogen (secondary N) is 1. The Labute approximate surface area is 223 Å². The van der Waals surface area contributed by atoms with Crippen LogP contribution in [-0.2, 0) is 17.4 Å². The molecule has 0 unspecified atom stereocenters. The lowest BCUT2D eigenvalue weighted by atomic mass is 9.96. The van der Waals surface area contributed by atoms with Gasteiger partial charge in [0.2, 0.25) is 0 Å². The molecule has 12 heteroatoms. The maximum absolute atomic E-state index is 13.4. The fraction of sp³-hybridized carbons (Fsp3) is 0.120. The third kappa shape index (κ3) is 5.49. The molecule has 4 rings (SSSR count). The van der Waals surface area contributed by atoms with Crippen LogP contribution in [0.15, 0.2) is 60.9 Å². The molecule has 0 bridgehead atoms. The van der Waals surface area contributed by atoms with Crippen molar-refractivity contribution in [2.75, 3.05) is 0 Å². The van der Waals surface area contributed by atoms with Gasteiger partial charge in [-0.15, -0.1) is 0 Å². The molecular formula is C25H15Cl3F3N3O3. The van der Waals surface area contributed by atoms with Gasteiger partial charge in [0.15, 0.2) is 0 Å². The standard InChI is InChI=1S/C25H15Cl3F3N3O3/c26-16-4-1-5-17(27)19(16)23(35)34-18(24(36)37)11-12-6-7-14(13-3-2-9-32-21(12)13)22-20(28)15(8-10-33-22)25(29,30)31/h1-10,18H,11H2,(H,34,35)(H,36,37)/t18-/m0/s1. The second kappa shape index (κ2) is 10.5. The zero-order valence-corrected chi connectivity index (χ0v) is 20.8. The summed E-state index contributed by atoms with van der Waals surface area (Å²) in [5, 5.41) is 12.1. The molecule has 1 amide bonds. The number of aliphatic carboxylic acids is 1. The van der Waals surface area contributed by atoms with Crippen molar-refractivity contribution < 1.29 is 27.9 Å². The molecule has 0 aliphatic heterocycles. The minimum atomic E-state index is -4.68. The van der Waals surface area contributed by atoms with Gasteiger partial charge in [0.25, 0.3) is 5.91 Å².